The predicted octanol–water partition coefficient (Wildman–Crippen LogP) is 2.16. The Bertz CT molecular complexity index is 324. The molecule has 0 aliphatic rings. The molecule has 4 nitrogen and oxygen atoms in total. The fourth-order valence-corrected chi connectivity index (χ4v) is 1.09. The van der Waals surface area contributed by atoms with Gasteiger partial charge in [-0.1, -0.05) is 12.1 Å². The smallest absolute Gasteiger partial charge is 0.493 e. The summed E-state index contributed by atoms with van der Waals surface area (Å²) in [4.78, 5) is 0. The molecule has 1 rings (SSSR count). The molecule has 0 radical (unpaired) electrons. The molecule has 0 atom stereocenters. The highest BCUT2D eigenvalue weighted by Crippen LogP contribution is 2.29. The first-order chi connectivity index (χ1) is 5.74. The van der Waals surface area contributed by atoms with Crippen molar-refractivity contribution in [1.29, 1.82) is 0 Å². The maximum atomic E-state index is 10.2. The van der Waals surface area contributed by atoms with Crippen molar-refractivity contribution < 1.29 is 18.4 Å². The molecule has 0 unspecified atom stereocenters. The van der Waals surface area contributed by atoms with Gasteiger partial charge in [0, 0.05) is 0 Å². The summed E-state index contributed by atoms with van der Waals surface area (Å²) >= 11 is 0. The molecule has 0 fully saturated rings. The lowest BCUT2D eigenvalue weighted by molar-refractivity contribution is 0.384. The average molecular weight is 186 g/mol. The zero-order chi connectivity index (χ0) is 8.97. The number of para-hydroxylation sites is 2. The Kier molecular flexibility index (Phi) is 2.88. The monoisotopic (exact) mass is 186 g/mol. The Balaban J connectivity index is 2.96. The Labute approximate surface area is 70.0 Å². The van der Waals surface area contributed by atoms with Crippen LogP contribution in [0.4, 0.5) is 0 Å². The lowest BCUT2D eigenvalue weighted by Crippen LogP contribution is -1.85. The van der Waals surface area contributed by atoms with E-state index >= 15 is 0 Å². The van der Waals surface area contributed by atoms with E-state index in [9.17, 15) is 9.13 Å². The molecule has 0 amide bonds. The zero-order valence-corrected chi connectivity index (χ0v) is 7.28. The SMILES string of the molecule is COc1ccccc1OP(=O)=O. The molecule has 0 saturated carbocycles. The normalized spacial score (nSPS) is 9.08. The Morgan fingerprint density at radius 3 is 2.25 bits per heavy atom. The van der Waals surface area contributed by atoms with Gasteiger partial charge in [-0.25, -0.2) is 0 Å². The van der Waals surface area contributed by atoms with Gasteiger partial charge in [0.2, 0.25) is 0 Å². The highest BCUT2D eigenvalue weighted by atomic mass is 31.1. The minimum Gasteiger partial charge on any atom is -0.493 e. The van der Waals surface area contributed by atoms with Gasteiger partial charge in [-0.2, -0.15) is 9.13 Å². The molecular formula is C7H7O4P. The fourth-order valence-electron chi connectivity index (χ4n) is 0.775. The van der Waals surface area contributed by atoms with Gasteiger partial charge in [-0.3, -0.25) is 0 Å². The van der Waals surface area contributed by atoms with Crippen LogP contribution in [0.2, 0.25) is 0 Å². The Morgan fingerprint density at radius 1 is 1.17 bits per heavy atom. The van der Waals surface area contributed by atoms with Crippen molar-refractivity contribution in [3.8, 4) is 11.5 Å². The van der Waals surface area contributed by atoms with Gasteiger partial charge in [0.1, 0.15) is 0 Å². The summed E-state index contributed by atoms with van der Waals surface area (Å²) in [6, 6.07) is 6.53. The quantitative estimate of drug-likeness (QED) is 0.678. The van der Waals surface area contributed by atoms with Crippen LogP contribution in [0.3, 0.4) is 0 Å². The van der Waals surface area contributed by atoms with Crippen molar-refractivity contribution in [3.63, 3.8) is 0 Å². The van der Waals surface area contributed by atoms with Gasteiger partial charge in [0.05, 0.1) is 7.11 Å². The first-order valence-corrected chi connectivity index (χ1v) is 4.29. The van der Waals surface area contributed by atoms with E-state index in [0.717, 1.165) is 0 Å². The van der Waals surface area contributed by atoms with E-state index in [1.165, 1.54) is 13.2 Å². The molecule has 5 heteroatoms. The number of methoxy groups -OCH3 is 1. The minimum absolute atomic E-state index is 0.205. The van der Waals surface area contributed by atoms with Crippen LogP contribution in [-0.2, 0) is 9.13 Å². The lowest BCUT2D eigenvalue weighted by atomic mass is 10.3. The van der Waals surface area contributed by atoms with Crippen LogP contribution in [-0.4, -0.2) is 7.11 Å². The number of hydrogen-bond donors (Lipinski definition) is 0. The summed E-state index contributed by atoms with van der Waals surface area (Å²) in [5.41, 5.74) is 0. The lowest BCUT2D eigenvalue weighted by Gasteiger charge is -2.02. The van der Waals surface area contributed by atoms with E-state index in [0.29, 0.717) is 5.75 Å². The molecule has 0 saturated heterocycles. The molecule has 0 aliphatic heterocycles. The van der Waals surface area contributed by atoms with Crippen LogP contribution in [0.25, 0.3) is 0 Å². The second-order valence-corrected chi connectivity index (χ2v) is 2.60. The molecule has 0 heterocycles. The summed E-state index contributed by atoms with van der Waals surface area (Å²) in [5, 5.41) is 0. The molecule has 64 valence electrons. The van der Waals surface area contributed by atoms with Gasteiger partial charge in [-0.05, 0) is 12.1 Å². The third-order valence-electron chi connectivity index (χ3n) is 1.24. The second-order valence-electron chi connectivity index (χ2n) is 1.97. The van der Waals surface area contributed by atoms with Crippen molar-refractivity contribution in [2.45, 2.75) is 0 Å². The van der Waals surface area contributed by atoms with Crippen molar-refractivity contribution in [3.05, 3.63) is 24.3 Å². The maximum Gasteiger partial charge on any atom is 0.529 e. The summed E-state index contributed by atoms with van der Waals surface area (Å²) in [6.07, 6.45) is 0. The van der Waals surface area contributed by atoms with Crippen LogP contribution >= 0.6 is 7.91 Å². The van der Waals surface area contributed by atoms with Crippen LogP contribution in [0.5, 0.6) is 11.5 Å². The van der Waals surface area contributed by atoms with Crippen molar-refractivity contribution in [2.75, 3.05) is 7.11 Å². The van der Waals surface area contributed by atoms with Crippen LogP contribution in [0.15, 0.2) is 24.3 Å². The topological polar surface area (TPSA) is 52.6 Å². The van der Waals surface area contributed by atoms with Crippen molar-refractivity contribution in [2.24, 2.45) is 0 Å². The van der Waals surface area contributed by atoms with Crippen LogP contribution < -0.4 is 9.26 Å². The van der Waals surface area contributed by atoms with E-state index in [1.54, 1.807) is 18.2 Å². The second kappa shape index (κ2) is 3.93. The number of benzene rings is 1. The molecule has 0 bridgehead atoms. The van der Waals surface area contributed by atoms with Gasteiger partial charge in [0.25, 0.3) is 0 Å². The van der Waals surface area contributed by atoms with Gasteiger partial charge in [-0.15, -0.1) is 0 Å². The number of hydrogen-bond acceptors (Lipinski definition) is 4. The molecule has 0 spiro atoms. The van der Waals surface area contributed by atoms with E-state index in [2.05, 4.69) is 4.52 Å². The highest BCUT2D eigenvalue weighted by molar-refractivity contribution is 7.25. The molecular weight excluding hydrogens is 179 g/mol. The van der Waals surface area contributed by atoms with E-state index in [-0.39, 0.29) is 5.75 Å². The van der Waals surface area contributed by atoms with Gasteiger partial charge in [0.15, 0.2) is 11.5 Å². The minimum atomic E-state index is -2.88. The van der Waals surface area contributed by atoms with E-state index < -0.39 is 7.91 Å². The van der Waals surface area contributed by atoms with E-state index in [1.807, 2.05) is 0 Å². The summed E-state index contributed by atoms with van der Waals surface area (Å²) in [7, 11) is -1.43. The molecule has 0 N–H and O–H groups in total. The Hall–Kier alpha value is -1.28. The fraction of sp³-hybridized carbons (Fsp3) is 0.143. The third-order valence-corrected chi connectivity index (χ3v) is 1.59. The number of ether oxygens (including phenoxy) is 1. The zero-order valence-electron chi connectivity index (χ0n) is 6.39. The highest BCUT2D eigenvalue weighted by Gasteiger charge is 2.03. The van der Waals surface area contributed by atoms with Crippen LogP contribution in [0.1, 0.15) is 0 Å². The maximum absolute atomic E-state index is 10.2. The van der Waals surface area contributed by atoms with E-state index in [4.69, 9.17) is 4.74 Å². The van der Waals surface area contributed by atoms with Gasteiger partial charge >= 0.3 is 7.91 Å². The molecule has 12 heavy (non-hydrogen) atoms. The largest absolute Gasteiger partial charge is 0.529 e. The summed E-state index contributed by atoms with van der Waals surface area (Å²) in [5.74, 6) is 0.604. The average Bonchev–Trinajstić information content (AvgIpc) is 2.04. The molecule has 0 aliphatic carbocycles. The standard InChI is InChI=1S/C7H7O4P/c1-10-6-4-2-3-5-7(6)11-12(8)9/h2-5H,1H3. The summed E-state index contributed by atoms with van der Waals surface area (Å²) in [6.45, 7) is 0. The first kappa shape index (κ1) is 8.81. The van der Waals surface area contributed by atoms with Crippen molar-refractivity contribution >= 4 is 7.91 Å². The summed E-state index contributed by atoms with van der Waals surface area (Å²) < 4.78 is 29.7. The van der Waals surface area contributed by atoms with Crippen molar-refractivity contribution in [1.82, 2.24) is 0 Å². The van der Waals surface area contributed by atoms with Crippen LogP contribution in [0, 0.1) is 0 Å². The molecule has 1 aromatic carbocycles. The number of rotatable bonds is 3. The third kappa shape index (κ3) is 2.10. The molecule has 0 aromatic heterocycles. The Morgan fingerprint density at radius 2 is 1.75 bits per heavy atom. The van der Waals surface area contributed by atoms with Gasteiger partial charge < -0.3 is 9.26 Å². The first-order valence-electron chi connectivity index (χ1n) is 3.19. The predicted molar refractivity (Wildman–Crippen MR) is 41.9 cm³/mol. The molecule has 1 aromatic rings.